The molecule has 2 aliphatic rings. The lowest BCUT2D eigenvalue weighted by atomic mass is 9.94. The SMILES string of the molecule is CC(C)(C)OC(=O)NC1CCCc2cc(-c3c(F)c(N)c4c(=O)c(C(=O)O)cn(C5CC5)c4c3F)sc21. The monoisotopic (exact) mass is 531 g/mol. The Bertz CT molecular complexity index is 1520. The zero-order valence-electron chi connectivity index (χ0n) is 20.6. The van der Waals surface area contributed by atoms with Crippen molar-refractivity contribution >= 4 is 40.0 Å². The second kappa shape index (κ2) is 8.83. The van der Waals surface area contributed by atoms with Crippen molar-refractivity contribution in [1.29, 1.82) is 0 Å². The first-order valence-electron chi connectivity index (χ1n) is 12.1. The molecule has 5 rings (SSSR count). The molecule has 2 aromatic heterocycles. The molecule has 2 heterocycles. The lowest BCUT2D eigenvalue weighted by Crippen LogP contribution is -2.35. The van der Waals surface area contributed by atoms with Gasteiger partial charge >= 0.3 is 12.1 Å². The van der Waals surface area contributed by atoms with Crippen LogP contribution < -0.4 is 16.5 Å². The summed E-state index contributed by atoms with van der Waals surface area (Å²) in [7, 11) is 0. The van der Waals surface area contributed by atoms with Crippen molar-refractivity contribution in [3.05, 3.63) is 50.1 Å². The van der Waals surface area contributed by atoms with E-state index in [0.29, 0.717) is 25.7 Å². The van der Waals surface area contributed by atoms with Crippen LogP contribution in [0.2, 0.25) is 0 Å². The number of ether oxygens (including phenoxy) is 1. The molecular formula is C26H27F2N3O5S. The van der Waals surface area contributed by atoms with E-state index in [0.717, 1.165) is 34.4 Å². The Morgan fingerprint density at radius 1 is 1.22 bits per heavy atom. The topological polar surface area (TPSA) is 124 Å². The van der Waals surface area contributed by atoms with Crippen molar-refractivity contribution in [2.45, 2.75) is 70.6 Å². The number of carboxylic acids is 1. The average Bonchev–Trinajstić information content (AvgIpc) is 3.54. The number of nitrogens with zero attached hydrogens (tertiary/aromatic N) is 1. The molecule has 1 fully saturated rings. The van der Waals surface area contributed by atoms with Crippen LogP contribution in [-0.4, -0.2) is 27.3 Å². The number of aryl methyl sites for hydroxylation is 1. The van der Waals surface area contributed by atoms with Gasteiger partial charge in [0, 0.05) is 22.0 Å². The van der Waals surface area contributed by atoms with E-state index >= 15 is 8.78 Å². The number of nitrogens with one attached hydrogen (secondary N) is 1. The maximum Gasteiger partial charge on any atom is 0.408 e. The molecule has 0 aliphatic heterocycles. The van der Waals surface area contributed by atoms with Crippen molar-refractivity contribution in [3.8, 4) is 10.4 Å². The van der Waals surface area contributed by atoms with Gasteiger partial charge in [0.2, 0.25) is 5.43 Å². The van der Waals surface area contributed by atoms with Crippen LogP contribution in [0, 0.1) is 11.6 Å². The Labute approximate surface area is 215 Å². The number of amides is 1. The third kappa shape index (κ3) is 4.45. The molecule has 0 spiro atoms. The van der Waals surface area contributed by atoms with E-state index in [1.807, 2.05) is 0 Å². The standard InChI is InChI=1S/C26H27F2N3O5S/c1-26(2,3)36-25(35)30-14-6-4-5-11-9-15(37-23(11)14)16-18(27)20(29)17-21(19(16)28)31(12-7-8-12)10-13(22(17)32)24(33)34/h9-10,12,14H,4-8,29H2,1-3H3,(H,30,35)(H,33,34). The van der Waals surface area contributed by atoms with Gasteiger partial charge in [-0.3, -0.25) is 4.79 Å². The van der Waals surface area contributed by atoms with Crippen molar-refractivity contribution in [1.82, 2.24) is 9.88 Å². The second-order valence-electron chi connectivity index (χ2n) is 10.5. The third-order valence-electron chi connectivity index (χ3n) is 6.59. The normalized spacial score (nSPS) is 17.5. The first-order valence-corrected chi connectivity index (χ1v) is 12.9. The number of carbonyl (C=O) groups excluding carboxylic acids is 1. The maximum atomic E-state index is 16.1. The first kappa shape index (κ1) is 25.2. The fraction of sp³-hybridized carbons (Fsp3) is 0.423. The van der Waals surface area contributed by atoms with E-state index in [-0.39, 0.29) is 28.0 Å². The zero-order valence-corrected chi connectivity index (χ0v) is 21.4. The summed E-state index contributed by atoms with van der Waals surface area (Å²) in [5.41, 5.74) is 3.50. The van der Waals surface area contributed by atoms with Crippen LogP contribution in [0.3, 0.4) is 0 Å². The van der Waals surface area contributed by atoms with Gasteiger partial charge in [0.25, 0.3) is 0 Å². The third-order valence-corrected chi connectivity index (χ3v) is 7.90. The molecule has 37 heavy (non-hydrogen) atoms. The van der Waals surface area contributed by atoms with Gasteiger partial charge in [0.1, 0.15) is 11.2 Å². The number of hydrogen-bond donors (Lipinski definition) is 3. The Hall–Kier alpha value is -3.47. The molecule has 2 aliphatic carbocycles. The second-order valence-corrected chi connectivity index (χ2v) is 11.6. The number of carboxylic acid groups (broad SMARTS) is 1. The van der Waals surface area contributed by atoms with E-state index in [4.69, 9.17) is 10.5 Å². The quantitative estimate of drug-likeness (QED) is 0.381. The van der Waals surface area contributed by atoms with Gasteiger partial charge in [0.05, 0.1) is 28.2 Å². The minimum Gasteiger partial charge on any atom is -0.477 e. The van der Waals surface area contributed by atoms with Crippen molar-refractivity contribution in [3.63, 3.8) is 0 Å². The smallest absolute Gasteiger partial charge is 0.408 e. The highest BCUT2D eigenvalue weighted by molar-refractivity contribution is 7.15. The lowest BCUT2D eigenvalue weighted by molar-refractivity contribution is 0.0499. The molecule has 8 nitrogen and oxygen atoms in total. The Kier molecular flexibility index (Phi) is 6.01. The number of thiophene rings is 1. The number of aromatic nitrogens is 1. The number of aromatic carboxylic acids is 1. The molecule has 1 unspecified atom stereocenters. The van der Waals surface area contributed by atoms with E-state index in [9.17, 15) is 19.5 Å². The van der Waals surface area contributed by atoms with Crippen LogP contribution in [0.1, 0.15) is 79.3 Å². The lowest BCUT2D eigenvalue weighted by Gasteiger charge is -2.26. The summed E-state index contributed by atoms with van der Waals surface area (Å²) in [5.74, 6) is -3.56. The number of halogens is 2. The van der Waals surface area contributed by atoms with Gasteiger partial charge < -0.3 is 25.5 Å². The van der Waals surface area contributed by atoms with E-state index in [1.54, 1.807) is 26.8 Å². The Balaban J connectivity index is 1.65. The molecule has 0 radical (unpaired) electrons. The molecule has 1 atom stereocenters. The molecular weight excluding hydrogens is 504 g/mol. The number of fused-ring (bicyclic) bond motifs is 2. The molecule has 0 saturated heterocycles. The number of hydrogen-bond acceptors (Lipinski definition) is 6. The van der Waals surface area contributed by atoms with Gasteiger partial charge in [-0.05, 0) is 64.5 Å². The molecule has 11 heteroatoms. The van der Waals surface area contributed by atoms with E-state index in [1.165, 1.54) is 4.57 Å². The molecule has 3 aromatic rings. The van der Waals surface area contributed by atoms with Crippen LogP contribution in [-0.2, 0) is 11.2 Å². The highest BCUT2D eigenvalue weighted by Crippen LogP contribution is 2.46. The van der Waals surface area contributed by atoms with Gasteiger partial charge in [-0.15, -0.1) is 11.3 Å². The summed E-state index contributed by atoms with van der Waals surface area (Å²) >= 11 is 1.16. The van der Waals surface area contributed by atoms with Crippen LogP contribution in [0.15, 0.2) is 17.1 Å². The van der Waals surface area contributed by atoms with Crippen LogP contribution >= 0.6 is 11.3 Å². The van der Waals surface area contributed by atoms with Gasteiger partial charge in [-0.2, -0.15) is 0 Å². The number of pyridine rings is 1. The Morgan fingerprint density at radius 2 is 1.92 bits per heavy atom. The average molecular weight is 532 g/mol. The molecule has 1 saturated carbocycles. The van der Waals surface area contributed by atoms with Crippen molar-refractivity contribution < 1.29 is 28.2 Å². The minimum absolute atomic E-state index is 0.193. The number of benzene rings is 1. The number of nitrogens with two attached hydrogens (primary N) is 1. The summed E-state index contributed by atoms with van der Waals surface area (Å²) in [4.78, 5) is 38.0. The first-order chi connectivity index (χ1) is 17.4. The van der Waals surface area contributed by atoms with Crippen molar-refractivity contribution in [2.75, 3.05) is 5.73 Å². The van der Waals surface area contributed by atoms with Crippen LogP contribution in [0.25, 0.3) is 21.3 Å². The van der Waals surface area contributed by atoms with Gasteiger partial charge in [-0.1, -0.05) is 0 Å². The predicted octanol–water partition coefficient (Wildman–Crippen LogP) is 5.53. The molecule has 1 aromatic carbocycles. The number of carbonyl (C=O) groups is 2. The molecule has 196 valence electrons. The number of rotatable bonds is 4. The van der Waals surface area contributed by atoms with Gasteiger partial charge in [0.15, 0.2) is 11.6 Å². The summed E-state index contributed by atoms with van der Waals surface area (Å²) in [5, 5.41) is 11.9. The number of alkyl carbamates (subject to hydrolysis) is 1. The van der Waals surface area contributed by atoms with Gasteiger partial charge in [-0.25, -0.2) is 18.4 Å². The summed E-state index contributed by atoms with van der Waals surface area (Å²) in [6.07, 6.45) is 4.00. The van der Waals surface area contributed by atoms with Crippen molar-refractivity contribution in [2.24, 2.45) is 0 Å². The molecule has 1 amide bonds. The summed E-state index contributed by atoms with van der Waals surface area (Å²) in [6.45, 7) is 5.29. The fourth-order valence-electron chi connectivity index (χ4n) is 4.85. The fourth-order valence-corrected chi connectivity index (χ4v) is 6.18. The summed E-state index contributed by atoms with van der Waals surface area (Å²) in [6, 6.07) is 1.12. The highest BCUT2D eigenvalue weighted by Gasteiger charge is 2.33. The van der Waals surface area contributed by atoms with E-state index in [2.05, 4.69) is 5.32 Å². The number of nitrogen functional groups attached to an aromatic ring is 1. The predicted molar refractivity (Wildman–Crippen MR) is 136 cm³/mol. The summed E-state index contributed by atoms with van der Waals surface area (Å²) < 4.78 is 38.6. The van der Waals surface area contributed by atoms with E-state index < -0.39 is 51.4 Å². The minimum atomic E-state index is -1.49. The largest absolute Gasteiger partial charge is 0.477 e. The Morgan fingerprint density at radius 3 is 2.54 bits per heavy atom. The van der Waals surface area contributed by atoms with Crippen LogP contribution in [0.5, 0.6) is 0 Å². The zero-order chi connectivity index (χ0) is 26.8. The highest BCUT2D eigenvalue weighted by atomic mass is 32.1. The maximum absolute atomic E-state index is 16.1. The van der Waals surface area contributed by atoms with Crippen LogP contribution in [0.4, 0.5) is 19.3 Å². The number of anilines is 1. The molecule has 4 N–H and O–H groups in total. The molecule has 0 bridgehead atoms.